The highest BCUT2D eigenvalue weighted by atomic mass is 16.5. The van der Waals surface area contributed by atoms with Crippen LogP contribution in [0.1, 0.15) is 38.2 Å². The van der Waals surface area contributed by atoms with Gasteiger partial charge in [-0.05, 0) is 32.3 Å². The summed E-state index contributed by atoms with van der Waals surface area (Å²) < 4.78 is 16.2. The molecule has 0 aliphatic heterocycles. The summed E-state index contributed by atoms with van der Waals surface area (Å²) in [7, 11) is 4.77. The molecule has 1 aliphatic rings. The average molecular weight is 350 g/mol. The number of hydrogen-bond donors (Lipinski definition) is 2. The summed E-state index contributed by atoms with van der Waals surface area (Å²) in [5.41, 5.74) is 6.85. The number of ether oxygens (including phenoxy) is 3. The predicted molar refractivity (Wildman–Crippen MR) is 97.4 cm³/mol. The Kier molecular flexibility index (Phi) is 6.53. The van der Waals surface area contributed by atoms with Crippen LogP contribution >= 0.6 is 0 Å². The Balaban J connectivity index is 2.01. The van der Waals surface area contributed by atoms with Crippen molar-refractivity contribution in [3.05, 3.63) is 17.7 Å². The van der Waals surface area contributed by atoms with Gasteiger partial charge in [-0.3, -0.25) is 4.79 Å². The summed E-state index contributed by atoms with van der Waals surface area (Å²) in [6, 6.07) is 3.77. The molecular weight excluding hydrogens is 320 g/mol. The Labute approximate surface area is 150 Å². The molecule has 1 aromatic rings. The van der Waals surface area contributed by atoms with E-state index < -0.39 is 5.54 Å². The number of methoxy groups -OCH3 is 3. The molecule has 140 valence electrons. The zero-order valence-electron chi connectivity index (χ0n) is 15.7. The maximum atomic E-state index is 12.5. The van der Waals surface area contributed by atoms with Crippen LogP contribution in [-0.2, 0) is 11.2 Å². The SMILES string of the molecule is COc1ccc(CCNC(=O)C2CCCCC2(C)N)c(OC)c1OC. The van der Waals surface area contributed by atoms with Crippen LogP contribution in [0.25, 0.3) is 0 Å². The van der Waals surface area contributed by atoms with Gasteiger partial charge in [-0.1, -0.05) is 18.9 Å². The first-order valence-electron chi connectivity index (χ1n) is 8.79. The van der Waals surface area contributed by atoms with Gasteiger partial charge in [0.25, 0.3) is 0 Å². The third kappa shape index (κ3) is 4.37. The minimum Gasteiger partial charge on any atom is -0.493 e. The molecule has 1 aromatic carbocycles. The number of carbonyl (C=O) groups excluding carboxylic acids is 1. The third-order valence-electron chi connectivity index (χ3n) is 5.05. The van der Waals surface area contributed by atoms with Crippen LogP contribution in [0, 0.1) is 5.92 Å². The molecule has 6 nitrogen and oxygen atoms in total. The second-order valence-electron chi connectivity index (χ2n) is 6.84. The van der Waals surface area contributed by atoms with Gasteiger partial charge >= 0.3 is 0 Å². The van der Waals surface area contributed by atoms with Gasteiger partial charge in [-0.2, -0.15) is 0 Å². The minimum atomic E-state index is -0.413. The first-order valence-corrected chi connectivity index (χ1v) is 8.79. The zero-order chi connectivity index (χ0) is 18.4. The molecule has 3 N–H and O–H groups in total. The third-order valence-corrected chi connectivity index (χ3v) is 5.05. The van der Waals surface area contributed by atoms with E-state index in [0.29, 0.717) is 30.2 Å². The fourth-order valence-corrected chi connectivity index (χ4v) is 3.59. The molecule has 0 heterocycles. The van der Waals surface area contributed by atoms with Crippen LogP contribution in [0.4, 0.5) is 0 Å². The van der Waals surface area contributed by atoms with E-state index in [1.165, 1.54) is 0 Å². The van der Waals surface area contributed by atoms with E-state index >= 15 is 0 Å². The summed E-state index contributed by atoms with van der Waals surface area (Å²) in [5.74, 6) is 1.75. The average Bonchev–Trinajstić information content (AvgIpc) is 2.60. The molecule has 0 aromatic heterocycles. The summed E-state index contributed by atoms with van der Waals surface area (Å²) >= 11 is 0. The van der Waals surface area contributed by atoms with E-state index in [2.05, 4.69) is 5.32 Å². The van der Waals surface area contributed by atoms with Gasteiger partial charge in [0.2, 0.25) is 11.7 Å². The van der Waals surface area contributed by atoms with Gasteiger partial charge in [0, 0.05) is 17.6 Å². The van der Waals surface area contributed by atoms with E-state index in [9.17, 15) is 4.79 Å². The second-order valence-corrected chi connectivity index (χ2v) is 6.84. The molecule has 0 radical (unpaired) electrons. The highest BCUT2D eigenvalue weighted by molar-refractivity contribution is 5.80. The molecule has 1 saturated carbocycles. The molecule has 2 unspecified atom stereocenters. The molecule has 0 bridgehead atoms. The fourth-order valence-electron chi connectivity index (χ4n) is 3.59. The zero-order valence-corrected chi connectivity index (χ0v) is 15.7. The highest BCUT2D eigenvalue weighted by Crippen LogP contribution is 2.39. The molecule has 2 atom stereocenters. The van der Waals surface area contributed by atoms with E-state index in [1.54, 1.807) is 21.3 Å². The second kappa shape index (κ2) is 8.43. The molecule has 0 saturated heterocycles. The number of hydrogen-bond acceptors (Lipinski definition) is 5. The lowest BCUT2D eigenvalue weighted by Crippen LogP contribution is -2.53. The first-order chi connectivity index (χ1) is 11.9. The van der Waals surface area contributed by atoms with Crippen LogP contribution in [0.15, 0.2) is 12.1 Å². The van der Waals surface area contributed by atoms with Crippen LogP contribution in [0.5, 0.6) is 17.2 Å². The molecule has 1 aliphatic carbocycles. The summed E-state index contributed by atoms with van der Waals surface area (Å²) in [6.07, 6.45) is 4.56. The maximum absolute atomic E-state index is 12.5. The number of rotatable bonds is 7. The van der Waals surface area contributed by atoms with Crippen molar-refractivity contribution in [2.24, 2.45) is 11.7 Å². The molecule has 6 heteroatoms. The first kappa shape index (κ1) is 19.4. The normalized spacial score (nSPS) is 23.0. The standard InChI is InChI=1S/C19H30N2O4/c1-19(20)11-6-5-7-14(19)18(22)21-12-10-13-8-9-15(23-2)17(25-4)16(13)24-3/h8-9,14H,5-7,10-12,20H2,1-4H3,(H,21,22). The molecular formula is C19H30N2O4. The van der Waals surface area contributed by atoms with E-state index in [1.807, 2.05) is 19.1 Å². The van der Waals surface area contributed by atoms with E-state index in [0.717, 1.165) is 31.2 Å². The Bertz CT molecular complexity index is 601. The van der Waals surface area contributed by atoms with Crippen molar-refractivity contribution in [2.45, 2.75) is 44.6 Å². The smallest absolute Gasteiger partial charge is 0.224 e. The van der Waals surface area contributed by atoms with Gasteiger partial charge in [0.05, 0.1) is 27.2 Å². The number of amides is 1. The molecule has 1 fully saturated rings. The Morgan fingerprint density at radius 3 is 2.52 bits per heavy atom. The summed E-state index contributed by atoms with van der Waals surface area (Å²) in [4.78, 5) is 12.5. The van der Waals surface area contributed by atoms with Crippen molar-refractivity contribution >= 4 is 5.91 Å². The van der Waals surface area contributed by atoms with Crippen molar-refractivity contribution in [2.75, 3.05) is 27.9 Å². The van der Waals surface area contributed by atoms with Crippen LogP contribution < -0.4 is 25.3 Å². The van der Waals surface area contributed by atoms with Crippen molar-refractivity contribution in [1.29, 1.82) is 0 Å². The molecule has 0 spiro atoms. The lowest BCUT2D eigenvalue weighted by atomic mass is 9.74. The van der Waals surface area contributed by atoms with Crippen molar-refractivity contribution in [3.63, 3.8) is 0 Å². The fraction of sp³-hybridized carbons (Fsp3) is 0.632. The van der Waals surface area contributed by atoms with Crippen molar-refractivity contribution in [1.82, 2.24) is 5.32 Å². The predicted octanol–water partition coefficient (Wildman–Crippen LogP) is 2.28. The van der Waals surface area contributed by atoms with E-state index in [-0.39, 0.29) is 11.8 Å². The maximum Gasteiger partial charge on any atom is 0.224 e. The largest absolute Gasteiger partial charge is 0.493 e. The van der Waals surface area contributed by atoms with Gasteiger partial charge < -0.3 is 25.3 Å². The summed E-state index contributed by atoms with van der Waals surface area (Å²) in [5, 5.41) is 3.03. The lowest BCUT2D eigenvalue weighted by Gasteiger charge is -2.37. The minimum absolute atomic E-state index is 0.0455. The highest BCUT2D eigenvalue weighted by Gasteiger charge is 2.37. The van der Waals surface area contributed by atoms with Gasteiger partial charge in [0.1, 0.15) is 0 Å². The van der Waals surface area contributed by atoms with Gasteiger partial charge in [-0.15, -0.1) is 0 Å². The Hall–Kier alpha value is -1.95. The number of nitrogens with two attached hydrogens (primary N) is 1. The van der Waals surface area contributed by atoms with Gasteiger partial charge in [-0.25, -0.2) is 0 Å². The lowest BCUT2D eigenvalue weighted by molar-refractivity contribution is -0.128. The number of benzene rings is 1. The van der Waals surface area contributed by atoms with Crippen molar-refractivity contribution < 1.29 is 19.0 Å². The van der Waals surface area contributed by atoms with Crippen LogP contribution in [-0.4, -0.2) is 39.3 Å². The summed E-state index contributed by atoms with van der Waals surface area (Å²) in [6.45, 7) is 2.50. The van der Waals surface area contributed by atoms with Crippen molar-refractivity contribution in [3.8, 4) is 17.2 Å². The van der Waals surface area contributed by atoms with Gasteiger partial charge in [0.15, 0.2) is 11.5 Å². The number of carbonyl (C=O) groups is 1. The van der Waals surface area contributed by atoms with E-state index in [4.69, 9.17) is 19.9 Å². The quantitative estimate of drug-likeness (QED) is 0.788. The molecule has 2 rings (SSSR count). The Morgan fingerprint density at radius 1 is 1.20 bits per heavy atom. The van der Waals surface area contributed by atoms with Crippen LogP contribution in [0.2, 0.25) is 0 Å². The number of nitrogens with one attached hydrogen (secondary N) is 1. The topological polar surface area (TPSA) is 82.8 Å². The monoisotopic (exact) mass is 350 g/mol. The molecule has 25 heavy (non-hydrogen) atoms. The van der Waals surface area contributed by atoms with Crippen LogP contribution in [0.3, 0.4) is 0 Å². The molecule has 1 amide bonds. The Morgan fingerprint density at radius 2 is 1.92 bits per heavy atom.